The van der Waals surface area contributed by atoms with Crippen LogP contribution in [0.3, 0.4) is 0 Å². The number of hydrogen-bond donors (Lipinski definition) is 2. The number of thioether (sulfide) groups is 2. The van der Waals surface area contributed by atoms with Crippen LogP contribution in [0.2, 0.25) is 0 Å². The SMILES string of the molecule is CCC(CC)C(=O)OCOC(=O)C1=C(S[C@H]2CC[S+](O)C2)S[C@@H]2[C@@H]([C@@H](C)O)C(=O)N12. The van der Waals surface area contributed by atoms with Gasteiger partial charge >= 0.3 is 11.9 Å². The molecule has 3 rings (SSSR count). The Morgan fingerprint density at radius 2 is 2.03 bits per heavy atom. The van der Waals surface area contributed by atoms with Crippen molar-refractivity contribution in [3.05, 3.63) is 9.93 Å². The Balaban J connectivity index is 1.68. The Labute approximate surface area is 187 Å². The van der Waals surface area contributed by atoms with Gasteiger partial charge in [0.15, 0.2) is 11.4 Å². The molecule has 0 aromatic rings. The van der Waals surface area contributed by atoms with E-state index >= 15 is 0 Å². The number of nitrogens with zero attached hydrogens (tertiary/aromatic N) is 1. The van der Waals surface area contributed by atoms with Crippen molar-refractivity contribution in [2.24, 2.45) is 11.8 Å². The number of rotatable bonds is 9. The van der Waals surface area contributed by atoms with Crippen LogP contribution in [-0.2, 0) is 35.0 Å². The van der Waals surface area contributed by atoms with Crippen LogP contribution in [0.4, 0.5) is 0 Å². The van der Waals surface area contributed by atoms with Gasteiger partial charge in [-0.05, 0) is 19.8 Å². The fourth-order valence-corrected chi connectivity index (χ4v) is 8.95. The molecule has 0 aliphatic carbocycles. The minimum atomic E-state index is -0.816. The average molecular weight is 479 g/mol. The Bertz CT molecular complexity index is 725. The highest BCUT2D eigenvalue weighted by Gasteiger charge is 2.58. The molecule has 0 spiro atoms. The highest BCUT2D eigenvalue weighted by molar-refractivity contribution is 8.23. The van der Waals surface area contributed by atoms with Gasteiger partial charge in [0.1, 0.15) is 22.3 Å². The second kappa shape index (κ2) is 10.2. The molecule has 0 saturated carbocycles. The van der Waals surface area contributed by atoms with Gasteiger partial charge in [-0.3, -0.25) is 14.5 Å². The monoisotopic (exact) mass is 478 g/mol. The largest absolute Gasteiger partial charge is 0.428 e. The van der Waals surface area contributed by atoms with E-state index in [1.54, 1.807) is 6.92 Å². The maximum atomic E-state index is 12.8. The molecule has 3 aliphatic heterocycles. The van der Waals surface area contributed by atoms with E-state index in [0.717, 1.165) is 12.2 Å². The van der Waals surface area contributed by atoms with E-state index in [2.05, 4.69) is 0 Å². The molecule has 3 heterocycles. The van der Waals surface area contributed by atoms with E-state index in [0.29, 0.717) is 22.8 Å². The molecule has 1 amide bonds. The van der Waals surface area contributed by atoms with Gasteiger partial charge in [0, 0.05) is 6.42 Å². The molecule has 1 unspecified atom stereocenters. The third-order valence-corrected chi connectivity index (χ3v) is 10.1. The molecule has 2 saturated heterocycles. The van der Waals surface area contributed by atoms with Crippen LogP contribution in [0, 0.1) is 11.8 Å². The summed E-state index contributed by atoms with van der Waals surface area (Å²) in [6.45, 7) is 4.84. The lowest BCUT2D eigenvalue weighted by molar-refractivity contribution is -0.172. The number of carbonyl (C=O) groups is 3. The highest BCUT2D eigenvalue weighted by atomic mass is 32.2. The summed E-state index contributed by atoms with van der Waals surface area (Å²) in [5.74, 6) is -0.856. The fraction of sp³-hybridized carbons (Fsp3) is 0.737. The van der Waals surface area contributed by atoms with Crippen molar-refractivity contribution in [2.75, 3.05) is 18.3 Å². The predicted molar refractivity (Wildman–Crippen MR) is 117 cm³/mol. The molecule has 2 fully saturated rings. The van der Waals surface area contributed by atoms with Crippen molar-refractivity contribution < 1.29 is 33.5 Å². The number of hydrogen-bond acceptors (Lipinski definition) is 9. The smallest absolute Gasteiger partial charge is 0.359 e. The van der Waals surface area contributed by atoms with Gasteiger partial charge in [-0.2, -0.15) is 4.55 Å². The molecule has 2 N–H and O–H groups in total. The molecule has 0 radical (unpaired) electrons. The van der Waals surface area contributed by atoms with Crippen LogP contribution >= 0.6 is 23.5 Å². The summed E-state index contributed by atoms with van der Waals surface area (Å²) in [5, 5.41) is 9.75. The molecule has 8 nitrogen and oxygen atoms in total. The zero-order valence-electron chi connectivity index (χ0n) is 17.2. The summed E-state index contributed by atoms with van der Waals surface area (Å²) < 4.78 is 20.7. The summed E-state index contributed by atoms with van der Waals surface area (Å²) in [7, 11) is 0. The minimum Gasteiger partial charge on any atom is -0.428 e. The van der Waals surface area contributed by atoms with Crippen molar-refractivity contribution in [1.82, 2.24) is 4.90 Å². The second-order valence-corrected chi connectivity index (χ2v) is 11.9. The van der Waals surface area contributed by atoms with Crippen molar-refractivity contribution in [1.29, 1.82) is 0 Å². The maximum Gasteiger partial charge on any atom is 0.359 e. The van der Waals surface area contributed by atoms with Crippen LogP contribution in [0.25, 0.3) is 0 Å². The molecule has 0 aromatic carbocycles. The topological polar surface area (TPSA) is 113 Å². The number of ether oxygens (including phenoxy) is 2. The van der Waals surface area contributed by atoms with E-state index in [1.807, 2.05) is 13.8 Å². The number of carbonyl (C=O) groups excluding carboxylic acids is 3. The number of β-lactam (4-membered cyclic amide) rings is 1. The number of esters is 2. The van der Waals surface area contributed by atoms with Gasteiger partial charge in [-0.15, -0.1) is 11.8 Å². The van der Waals surface area contributed by atoms with Gasteiger partial charge in [0.05, 0.1) is 27.4 Å². The van der Waals surface area contributed by atoms with Gasteiger partial charge < -0.3 is 14.6 Å². The third kappa shape index (κ3) is 4.79. The van der Waals surface area contributed by atoms with Gasteiger partial charge in [0.25, 0.3) is 0 Å². The van der Waals surface area contributed by atoms with Crippen LogP contribution in [-0.4, -0.2) is 67.4 Å². The van der Waals surface area contributed by atoms with E-state index in [-0.39, 0.29) is 28.1 Å². The molecule has 0 bridgehead atoms. The van der Waals surface area contributed by atoms with E-state index in [4.69, 9.17) is 9.47 Å². The van der Waals surface area contributed by atoms with Crippen molar-refractivity contribution in [3.63, 3.8) is 0 Å². The molecule has 30 heavy (non-hydrogen) atoms. The molecule has 3 aliphatic rings. The molecule has 0 aromatic heterocycles. The Morgan fingerprint density at radius 1 is 1.33 bits per heavy atom. The summed E-state index contributed by atoms with van der Waals surface area (Å²) in [4.78, 5) is 38.7. The molecular formula is C19H28NO7S3+. The highest BCUT2D eigenvalue weighted by Crippen LogP contribution is 2.55. The lowest BCUT2D eigenvalue weighted by Crippen LogP contribution is -2.60. The zero-order valence-corrected chi connectivity index (χ0v) is 19.7. The maximum absolute atomic E-state index is 12.8. The first kappa shape index (κ1) is 23.8. The number of amides is 1. The lowest BCUT2D eigenvalue weighted by atomic mass is 9.92. The second-order valence-electron chi connectivity index (χ2n) is 7.51. The number of aliphatic hydroxyl groups is 1. The average Bonchev–Trinajstić information content (AvgIpc) is 3.23. The van der Waals surface area contributed by atoms with E-state index in [1.165, 1.54) is 28.4 Å². The zero-order chi connectivity index (χ0) is 22.0. The number of aliphatic hydroxyl groups excluding tert-OH is 1. The molecule has 5 atom stereocenters. The normalized spacial score (nSPS) is 29.1. The molecule has 11 heteroatoms. The third-order valence-electron chi connectivity index (χ3n) is 5.50. The Morgan fingerprint density at radius 3 is 2.60 bits per heavy atom. The summed E-state index contributed by atoms with van der Waals surface area (Å²) in [5.41, 5.74) is 0.153. The van der Waals surface area contributed by atoms with Crippen LogP contribution in [0.1, 0.15) is 40.0 Å². The quantitative estimate of drug-likeness (QED) is 0.223. The molecule has 168 valence electrons. The van der Waals surface area contributed by atoms with Gasteiger partial charge in [0.2, 0.25) is 12.7 Å². The first-order chi connectivity index (χ1) is 14.3. The Hall–Kier alpha value is -0.880. The van der Waals surface area contributed by atoms with E-state index < -0.39 is 41.9 Å². The lowest BCUT2D eigenvalue weighted by Gasteiger charge is -2.43. The summed E-state index contributed by atoms with van der Waals surface area (Å²) in [6, 6.07) is 0. The minimum absolute atomic E-state index is 0.153. The van der Waals surface area contributed by atoms with E-state index in [9.17, 15) is 24.0 Å². The fourth-order valence-electron chi connectivity index (χ4n) is 3.67. The van der Waals surface area contributed by atoms with Crippen molar-refractivity contribution in [3.8, 4) is 0 Å². The van der Waals surface area contributed by atoms with Crippen LogP contribution < -0.4 is 0 Å². The van der Waals surface area contributed by atoms with Crippen molar-refractivity contribution >= 4 is 52.5 Å². The Kier molecular flexibility index (Phi) is 8.05. The summed E-state index contributed by atoms with van der Waals surface area (Å²) in [6.07, 6.45) is 1.31. The van der Waals surface area contributed by atoms with Crippen LogP contribution in [0.15, 0.2) is 9.93 Å². The van der Waals surface area contributed by atoms with Crippen LogP contribution in [0.5, 0.6) is 0 Å². The van der Waals surface area contributed by atoms with Gasteiger partial charge in [-0.1, -0.05) is 25.6 Å². The molecular weight excluding hydrogens is 450 g/mol. The number of fused-ring (bicyclic) bond motifs is 1. The first-order valence-electron chi connectivity index (χ1n) is 10.1. The van der Waals surface area contributed by atoms with Gasteiger partial charge in [-0.25, -0.2) is 4.79 Å². The first-order valence-corrected chi connectivity index (χ1v) is 13.3. The standard InChI is InChI=1S/C19H28NO7S3/c1-4-11(5-2)17(23)26-9-27-18(24)14-19(28-12-6-7-30(25)8-12)29-16-13(10(3)21)15(22)20(14)16/h10-13,16,21,25H,4-9H2,1-3H3/q+1/t10-,12+,13+,16-,30?/m1/s1. The predicted octanol–water partition coefficient (Wildman–Crippen LogP) is 2.14. The van der Waals surface area contributed by atoms with Crippen molar-refractivity contribution in [2.45, 2.75) is 56.8 Å². The summed E-state index contributed by atoms with van der Waals surface area (Å²) >= 11 is 2.24.